The highest BCUT2D eigenvalue weighted by Gasteiger charge is 2.06. The number of nitrogens with zero attached hydrogens (tertiary/aromatic N) is 1. The fourth-order valence-corrected chi connectivity index (χ4v) is 1.74. The quantitative estimate of drug-likeness (QED) is 0.612. The second-order valence-corrected chi connectivity index (χ2v) is 4.35. The fraction of sp³-hybridized carbons (Fsp3) is 0.385. The lowest BCUT2D eigenvalue weighted by molar-refractivity contribution is -0.114. The van der Waals surface area contributed by atoms with Crippen LogP contribution >= 0.6 is 22.9 Å². The number of hydrogen-bond donors (Lipinski definition) is 1. The highest BCUT2D eigenvalue weighted by molar-refractivity contribution is 14.1. The van der Waals surface area contributed by atoms with Crippen LogP contribution in [-0.4, -0.2) is 32.4 Å². The Balaban J connectivity index is 2.57. The van der Waals surface area contributed by atoms with E-state index in [2.05, 4.69) is 8.52 Å². The van der Waals surface area contributed by atoms with Crippen molar-refractivity contribution in [3.05, 3.63) is 23.8 Å². The van der Waals surface area contributed by atoms with Crippen molar-refractivity contribution in [1.29, 1.82) is 0 Å². The average molecular weight is 376 g/mol. The molecule has 0 saturated carbocycles. The van der Waals surface area contributed by atoms with Gasteiger partial charge >= 0.3 is 0 Å². The monoisotopic (exact) mass is 376 g/mol. The lowest BCUT2D eigenvalue weighted by Crippen LogP contribution is -2.30. The molecule has 0 fully saturated rings. The Morgan fingerprint density at radius 2 is 2.00 bits per heavy atom. The molecule has 19 heavy (non-hydrogen) atoms. The number of amides is 1. The summed E-state index contributed by atoms with van der Waals surface area (Å²) in [5, 5.41) is 2.80. The maximum absolute atomic E-state index is 11.5. The number of carbonyl (C=O) groups is 1. The lowest BCUT2D eigenvalue weighted by atomic mass is 10.1. The molecule has 0 saturated heterocycles. The van der Waals surface area contributed by atoms with Crippen LogP contribution in [0.25, 0.3) is 0 Å². The third-order valence-corrected chi connectivity index (χ3v) is 3.33. The highest BCUT2D eigenvalue weighted by Crippen LogP contribution is 2.27. The molecule has 104 valence electrons. The third kappa shape index (κ3) is 4.70. The van der Waals surface area contributed by atoms with E-state index in [1.54, 1.807) is 44.0 Å². The first-order valence-corrected chi connectivity index (χ1v) is 6.73. The van der Waals surface area contributed by atoms with Crippen molar-refractivity contribution >= 4 is 34.5 Å². The van der Waals surface area contributed by atoms with Gasteiger partial charge in [-0.2, -0.15) is 0 Å². The first-order chi connectivity index (χ1) is 9.12. The third-order valence-electron chi connectivity index (χ3n) is 2.60. The van der Waals surface area contributed by atoms with Crippen LogP contribution in [-0.2, 0) is 11.2 Å². The van der Waals surface area contributed by atoms with E-state index in [0.717, 1.165) is 12.0 Å². The summed E-state index contributed by atoms with van der Waals surface area (Å²) in [6.07, 6.45) is 0.723. The van der Waals surface area contributed by atoms with Crippen molar-refractivity contribution in [3.63, 3.8) is 0 Å². The molecule has 5 nitrogen and oxygen atoms in total. The van der Waals surface area contributed by atoms with E-state index in [-0.39, 0.29) is 5.91 Å². The number of ether oxygens (including phenoxy) is 2. The van der Waals surface area contributed by atoms with Crippen molar-refractivity contribution in [2.45, 2.75) is 13.3 Å². The Bertz CT molecular complexity index is 475. The number of halogens is 1. The molecule has 0 atom stereocenters. The van der Waals surface area contributed by atoms with Gasteiger partial charge in [0, 0.05) is 6.54 Å². The topological polar surface area (TPSA) is 59.9 Å². The van der Waals surface area contributed by atoms with E-state index < -0.39 is 0 Å². The average Bonchev–Trinajstić information content (AvgIpc) is 2.45. The van der Waals surface area contributed by atoms with Gasteiger partial charge in [0.15, 0.2) is 11.5 Å². The van der Waals surface area contributed by atoms with Gasteiger partial charge in [-0.1, -0.05) is 6.07 Å². The van der Waals surface area contributed by atoms with Gasteiger partial charge < -0.3 is 14.8 Å². The van der Waals surface area contributed by atoms with Gasteiger partial charge in [0.25, 0.3) is 5.91 Å². The molecule has 0 bridgehead atoms. The standard InChI is InChI=1S/C13H17IN2O3/c1-9(16-14)13(17)15-7-6-10-4-5-11(18-2)12(8-10)19-3/h4-5,8H,6-7H2,1-3H3,(H,15,17)/b16-9-. The summed E-state index contributed by atoms with van der Waals surface area (Å²) in [7, 11) is 3.20. The van der Waals surface area contributed by atoms with Crippen LogP contribution in [0.15, 0.2) is 21.4 Å². The molecule has 1 aromatic rings. The van der Waals surface area contributed by atoms with Gasteiger partial charge in [-0.15, -0.1) is 0 Å². The van der Waals surface area contributed by atoms with Crippen LogP contribution in [0.4, 0.5) is 0 Å². The lowest BCUT2D eigenvalue weighted by Gasteiger charge is -2.10. The molecule has 0 aliphatic carbocycles. The second-order valence-electron chi connectivity index (χ2n) is 3.87. The molecule has 0 radical (unpaired) electrons. The van der Waals surface area contributed by atoms with Gasteiger partial charge in [0.2, 0.25) is 0 Å². The van der Waals surface area contributed by atoms with Crippen LogP contribution in [0.5, 0.6) is 11.5 Å². The molecule has 0 aliphatic rings. The van der Waals surface area contributed by atoms with E-state index in [9.17, 15) is 4.79 Å². The second kappa shape index (κ2) is 7.98. The SMILES string of the molecule is COc1ccc(CCNC(=O)/C(C)=N\I)cc1OC. The molecule has 1 N–H and O–H groups in total. The summed E-state index contributed by atoms with van der Waals surface area (Å²) in [5.41, 5.74) is 1.54. The molecule has 1 aromatic carbocycles. The maximum Gasteiger partial charge on any atom is 0.265 e. The van der Waals surface area contributed by atoms with Gasteiger partial charge in [-0.3, -0.25) is 4.79 Å². The molecule has 0 aliphatic heterocycles. The first-order valence-electron chi connectivity index (χ1n) is 5.77. The summed E-state index contributed by atoms with van der Waals surface area (Å²) in [5.74, 6) is 1.24. The molecular formula is C13H17IN2O3. The zero-order chi connectivity index (χ0) is 14.3. The van der Waals surface area contributed by atoms with E-state index in [1.807, 2.05) is 18.2 Å². The Labute approximate surface area is 126 Å². The predicted octanol–water partition coefficient (Wildman–Crippen LogP) is 2.17. The van der Waals surface area contributed by atoms with E-state index >= 15 is 0 Å². The minimum Gasteiger partial charge on any atom is -0.493 e. The van der Waals surface area contributed by atoms with Gasteiger partial charge in [0.1, 0.15) is 5.71 Å². The normalized spacial score (nSPS) is 11.1. The number of carbonyl (C=O) groups excluding carboxylic acids is 1. The summed E-state index contributed by atoms with van der Waals surface area (Å²) >= 11 is 1.81. The van der Waals surface area contributed by atoms with Crippen LogP contribution < -0.4 is 14.8 Å². The zero-order valence-corrected chi connectivity index (χ0v) is 13.4. The van der Waals surface area contributed by atoms with Gasteiger partial charge in [0.05, 0.1) is 37.1 Å². The Morgan fingerprint density at radius 1 is 1.32 bits per heavy atom. The molecule has 0 heterocycles. The van der Waals surface area contributed by atoms with Gasteiger partial charge in [-0.05, 0) is 31.0 Å². The molecule has 1 amide bonds. The highest BCUT2D eigenvalue weighted by atomic mass is 127. The predicted molar refractivity (Wildman–Crippen MR) is 83.4 cm³/mol. The molecule has 0 aromatic heterocycles. The van der Waals surface area contributed by atoms with Gasteiger partial charge in [-0.25, -0.2) is 3.21 Å². The number of benzene rings is 1. The first kappa shape index (κ1) is 15.7. The van der Waals surface area contributed by atoms with Crippen LogP contribution in [0, 0.1) is 0 Å². The van der Waals surface area contributed by atoms with Crippen molar-refractivity contribution < 1.29 is 14.3 Å². The van der Waals surface area contributed by atoms with E-state index in [1.165, 1.54) is 0 Å². The van der Waals surface area contributed by atoms with Crippen LogP contribution in [0.1, 0.15) is 12.5 Å². The Morgan fingerprint density at radius 3 is 2.58 bits per heavy atom. The molecule has 1 rings (SSSR count). The van der Waals surface area contributed by atoms with Crippen LogP contribution in [0.3, 0.4) is 0 Å². The van der Waals surface area contributed by atoms with Crippen molar-refractivity contribution in [1.82, 2.24) is 5.32 Å². The van der Waals surface area contributed by atoms with Crippen LogP contribution in [0.2, 0.25) is 0 Å². The maximum atomic E-state index is 11.5. The number of methoxy groups -OCH3 is 2. The summed E-state index contributed by atoms with van der Waals surface area (Å²) in [6.45, 7) is 2.23. The Hall–Kier alpha value is -1.31. The molecular weight excluding hydrogens is 359 g/mol. The van der Waals surface area contributed by atoms with E-state index in [0.29, 0.717) is 23.8 Å². The molecule has 0 spiro atoms. The number of rotatable bonds is 6. The fourth-order valence-electron chi connectivity index (χ4n) is 1.52. The summed E-state index contributed by atoms with van der Waals surface area (Å²) in [4.78, 5) is 11.5. The minimum atomic E-state index is -0.144. The molecule has 0 unspecified atom stereocenters. The molecule has 6 heteroatoms. The van der Waals surface area contributed by atoms with Crippen molar-refractivity contribution in [2.75, 3.05) is 20.8 Å². The summed E-state index contributed by atoms with van der Waals surface area (Å²) in [6, 6.07) is 5.71. The van der Waals surface area contributed by atoms with E-state index in [4.69, 9.17) is 9.47 Å². The summed E-state index contributed by atoms with van der Waals surface area (Å²) < 4.78 is 14.2. The largest absolute Gasteiger partial charge is 0.493 e. The minimum absolute atomic E-state index is 0.144. The van der Waals surface area contributed by atoms with Crippen molar-refractivity contribution in [3.8, 4) is 11.5 Å². The number of nitrogens with one attached hydrogen (secondary N) is 1. The van der Waals surface area contributed by atoms with Crippen molar-refractivity contribution in [2.24, 2.45) is 3.21 Å². The smallest absolute Gasteiger partial charge is 0.265 e. The number of hydrogen-bond acceptors (Lipinski definition) is 4. The zero-order valence-electron chi connectivity index (χ0n) is 11.2. The Kier molecular flexibility index (Phi) is 6.61.